The van der Waals surface area contributed by atoms with E-state index in [2.05, 4.69) is 10.3 Å². The fraction of sp³-hybridized carbons (Fsp3) is 0.190. The van der Waals surface area contributed by atoms with Crippen LogP contribution in [0.25, 0.3) is 0 Å². The van der Waals surface area contributed by atoms with Gasteiger partial charge in [-0.05, 0) is 30.3 Å². The average Bonchev–Trinajstić information content (AvgIpc) is 3.24. The Morgan fingerprint density at radius 1 is 1.24 bits per heavy atom. The third-order valence-corrected chi connectivity index (χ3v) is 5.40. The Bertz CT molecular complexity index is 1250. The lowest BCUT2D eigenvalue weighted by molar-refractivity contribution is -0.384. The van der Waals surface area contributed by atoms with E-state index in [0.29, 0.717) is 0 Å². The van der Waals surface area contributed by atoms with Gasteiger partial charge in [0.15, 0.2) is 5.13 Å². The van der Waals surface area contributed by atoms with Crippen molar-refractivity contribution >= 4 is 45.4 Å². The third-order valence-electron chi connectivity index (χ3n) is 4.53. The highest BCUT2D eigenvalue weighted by molar-refractivity contribution is 7.14. The number of aromatic nitrogens is 1. The Hall–Kier alpha value is -4.00. The molecule has 0 aliphatic carbocycles. The minimum absolute atomic E-state index is 0.0165. The maximum Gasteiger partial charge on any atom is 0.416 e. The second kappa shape index (κ2) is 9.87. The van der Waals surface area contributed by atoms with Crippen LogP contribution in [-0.2, 0) is 22.3 Å². The molecule has 0 radical (unpaired) electrons. The van der Waals surface area contributed by atoms with Gasteiger partial charge in [-0.2, -0.15) is 13.2 Å². The summed E-state index contributed by atoms with van der Waals surface area (Å²) in [6.45, 7) is 0.869. The van der Waals surface area contributed by atoms with Crippen molar-refractivity contribution in [2.24, 2.45) is 0 Å². The van der Waals surface area contributed by atoms with E-state index in [0.717, 1.165) is 34.4 Å². The lowest BCUT2D eigenvalue weighted by Crippen LogP contribution is -2.23. The highest BCUT2D eigenvalue weighted by atomic mass is 32.1. The number of thiazole rings is 1. The molecule has 0 aliphatic heterocycles. The second-order valence-electron chi connectivity index (χ2n) is 6.84. The Morgan fingerprint density at radius 2 is 1.97 bits per heavy atom. The van der Waals surface area contributed by atoms with Gasteiger partial charge >= 0.3 is 12.1 Å². The molecule has 1 heterocycles. The summed E-state index contributed by atoms with van der Waals surface area (Å²) in [5.41, 5.74) is -0.809. The fourth-order valence-corrected chi connectivity index (χ4v) is 3.83. The molecule has 13 heteroatoms. The lowest BCUT2D eigenvalue weighted by Gasteiger charge is -2.19. The number of alkyl halides is 3. The molecule has 1 aromatic heterocycles. The van der Waals surface area contributed by atoms with E-state index in [1.54, 1.807) is 0 Å². The van der Waals surface area contributed by atoms with Crippen molar-refractivity contribution in [2.75, 3.05) is 17.3 Å². The van der Waals surface area contributed by atoms with Crippen LogP contribution >= 0.6 is 11.3 Å². The van der Waals surface area contributed by atoms with Crippen LogP contribution < -0.4 is 10.2 Å². The van der Waals surface area contributed by atoms with E-state index in [1.807, 2.05) is 0 Å². The molecule has 3 rings (SSSR count). The molecule has 2 aromatic carbocycles. The van der Waals surface area contributed by atoms with Gasteiger partial charge in [0.2, 0.25) is 5.91 Å². The minimum atomic E-state index is -4.58. The van der Waals surface area contributed by atoms with Crippen molar-refractivity contribution in [3.8, 4) is 0 Å². The quantitative estimate of drug-likeness (QED) is 0.274. The Morgan fingerprint density at radius 3 is 2.59 bits per heavy atom. The number of hydrogen-bond acceptors (Lipinski definition) is 8. The highest BCUT2D eigenvalue weighted by Gasteiger charge is 2.31. The molecular formula is C21H17F3N4O5S. The normalized spacial score (nSPS) is 11.1. The molecule has 9 nitrogen and oxygen atoms in total. The van der Waals surface area contributed by atoms with Gasteiger partial charge in [-0.1, -0.05) is 6.07 Å². The third kappa shape index (κ3) is 5.49. The number of nitrogens with one attached hydrogen (secondary N) is 1. The van der Waals surface area contributed by atoms with E-state index in [-0.39, 0.29) is 40.1 Å². The standard InChI is InChI=1S/C21H17F3N4O5S/c1-12(29)27(16-5-3-4-14(9-16)21(22,23)24)20-26-15(11-34-20)10-33-19(30)13-6-7-17(25-2)18(8-13)28(31)32/h3-9,11,25H,10H2,1-2H3. The SMILES string of the molecule is CNc1ccc(C(=O)OCc2csc(N(C(C)=O)c3cccc(C(F)(F)F)c3)n2)cc1[N+](=O)[O-]. The van der Waals surface area contributed by atoms with E-state index in [1.165, 1.54) is 43.6 Å². The molecule has 0 saturated carbocycles. The summed E-state index contributed by atoms with van der Waals surface area (Å²) < 4.78 is 44.3. The first-order valence-corrected chi connectivity index (χ1v) is 10.4. The number of nitro benzene ring substituents is 1. The van der Waals surface area contributed by atoms with Gasteiger partial charge in [0.05, 0.1) is 27.4 Å². The number of carbonyl (C=O) groups is 2. The average molecular weight is 494 g/mol. The molecule has 3 aromatic rings. The van der Waals surface area contributed by atoms with Crippen LogP contribution in [-0.4, -0.2) is 28.8 Å². The molecule has 0 spiro atoms. The number of anilines is 3. The smallest absolute Gasteiger partial charge is 0.416 e. The monoisotopic (exact) mass is 494 g/mol. The minimum Gasteiger partial charge on any atom is -0.456 e. The molecule has 0 fully saturated rings. The number of hydrogen-bond donors (Lipinski definition) is 1. The number of rotatable bonds is 7. The number of carbonyl (C=O) groups excluding carboxylic acids is 2. The maximum atomic E-state index is 13.1. The summed E-state index contributed by atoms with van der Waals surface area (Å²) in [7, 11) is 1.50. The Labute approximate surface area is 194 Å². The summed E-state index contributed by atoms with van der Waals surface area (Å²) in [6, 6.07) is 8.06. The van der Waals surface area contributed by atoms with Crippen LogP contribution in [0.2, 0.25) is 0 Å². The zero-order valence-corrected chi connectivity index (χ0v) is 18.6. The molecule has 34 heavy (non-hydrogen) atoms. The van der Waals surface area contributed by atoms with Crippen LogP contribution in [0.1, 0.15) is 28.5 Å². The van der Waals surface area contributed by atoms with Gasteiger partial charge < -0.3 is 10.1 Å². The molecule has 0 bridgehead atoms. The number of amides is 1. The first-order chi connectivity index (χ1) is 16.0. The molecule has 1 N–H and O–H groups in total. The number of esters is 1. The number of ether oxygens (including phenoxy) is 1. The second-order valence-corrected chi connectivity index (χ2v) is 7.68. The molecular weight excluding hydrogens is 477 g/mol. The predicted molar refractivity (Wildman–Crippen MR) is 118 cm³/mol. The molecule has 0 unspecified atom stereocenters. The van der Waals surface area contributed by atoms with E-state index < -0.39 is 28.5 Å². The summed E-state index contributed by atoms with van der Waals surface area (Å²) >= 11 is 0.977. The van der Waals surface area contributed by atoms with Crippen LogP contribution in [0, 0.1) is 10.1 Å². The van der Waals surface area contributed by atoms with Gasteiger partial charge in [-0.15, -0.1) is 11.3 Å². The van der Waals surface area contributed by atoms with Crippen molar-refractivity contribution in [1.29, 1.82) is 0 Å². The molecule has 0 atom stereocenters. The fourth-order valence-electron chi connectivity index (χ4n) is 2.96. The number of benzene rings is 2. The van der Waals surface area contributed by atoms with Gasteiger partial charge in [0, 0.05) is 25.4 Å². The van der Waals surface area contributed by atoms with E-state index in [9.17, 15) is 32.9 Å². The van der Waals surface area contributed by atoms with Crippen molar-refractivity contribution in [3.63, 3.8) is 0 Å². The highest BCUT2D eigenvalue weighted by Crippen LogP contribution is 2.35. The Kier molecular flexibility index (Phi) is 7.15. The summed E-state index contributed by atoms with van der Waals surface area (Å²) in [5.74, 6) is -1.39. The van der Waals surface area contributed by atoms with Crippen molar-refractivity contribution in [2.45, 2.75) is 19.7 Å². The van der Waals surface area contributed by atoms with Crippen LogP contribution in [0.5, 0.6) is 0 Å². The largest absolute Gasteiger partial charge is 0.456 e. The van der Waals surface area contributed by atoms with E-state index in [4.69, 9.17) is 4.74 Å². The van der Waals surface area contributed by atoms with Crippen molar-refractivity contribution in [1.82, 2.24) is 4.98 Å². The van der Waals surface area contributed by atoms with Crippen molar-refractivity contribution in [3.05, 3.63) is 74.8 Å². The lowest BCUT2D eigenvalue weighted by atomic mass is 10.1. The number of nitro groups is 1. The van der Waals surface area contributed by atoms with Crippen LogP contribution in [0.15, 0.2) is 47.8 Å². The molecule has 0 saturated heterocycles. The van der Waals surface area contributed by atoms with Crippen molar-refractivity contribution < 1.29 is 32.4 Å². The number of nitrogens with zero attached hydrogens (tertiary/aromatic N) is 3. The van der Waals surface area contributed by atoms with Gasteiger partial charge in [-0.25, -0.2) is 9.78 Å². The van der Waals surface area contributed by atoms with E-state index >= 15 is 0 Å². The van der Waals surface area contributed by atoms with Crippen LogP contribution in [0.3, 0.4) is 0 Å². The van der Waals surface area contributed by atoms with Gasteiger partial charge in [0.25, 0.3) is 5.69 Å². The van der Waals surface area contributed by atoms with Gasteiger partial charge in [-0.3, -0.25) is 19.8 Å². The number of halogens is 3. The maximum absolute atomic E-state index is 13.1. The zero-order chi connectivity index (χ0) is 25.0. The zero-order valence-electron chi connectivity index (χ0n) is 17.8. The first-order valence-electron chi connectivity index (χ1n) is 9.57. The summed E-state index contributed by atoms with van der Waals surface area (Å²) in [6.07, 6.45) is -4.58. The molecule has 1 amide bonds. The Balaban J connectivity index is 1.77. The van der Waals surface area contributed by atoms with Gasteiger partial charge in [0.1, 0.15) is 12.3 Å². The molecule has 178 valence electrons. The predicted octanol–water partition coefficient (Wildman–Crippen LogP) is 5.15. The topological polar surface area (TPSA) is 115 Å². The van der Waals surface area contributed by atoms with Crippen LogP contribution in [0.4, 0.5) is 35.4 Å². The summed E-state index contributed by atoms with van der Waals surface area (Å²) in [4.78, 5) is 40.2. The first kappa shape index (κ1) is 24.6. The summed E-state index contributed by atoms with van der Waals surface area (Å²) in [5, 5.41) is 15.4. The molecule has 0 aliphatic rings.